The zero-order valence-electron chi connectivity index (χ0n) is 16.5. The van der Waals surface area contributed by atoms with Crippen molar-refractivity contribution < 1.29 is 32.2 Å². The third kappa shape index (κ3) is 7.23. The third-order valence-electron chi connectivity index (χ3n) is 4.35. The van der Waals surface area contributed by atoms with E-state index in [-0.39, 0.29) is 17.1 Å². The van der Waals surface area contributed by atoms with Crippen LogP contribution in [0.25, 0.3) is 0 Å². The highest BCUT2D eigenvalue weighted by Gasteiger charge is 2.38. The molecule has 0 bridgehead atoms. The monoisotopic (exact) mass is 462 g/mol. The van der Waals surface area contributed by atoms with Crippen molar-refractivity contribution >= 4 is 29.2 Å². The summed E-state index contributed by atoms with van der Waals surface area (Å²) in [6, 6.07) is 5.96. The molecule has 31 heavy (non-hydrogen) atoms. The molecule has 0 radical (unpaired) electrons. The van der Waals surface area contributed by atoms with Crippen LogP contribution in [-0.4, -0.2) is 74.7 Å². The number of alkyl halides is 3. The molecular formula is C19H22ClF3N4O4. The van der Waals surface area contributed by atoms with E-state index in [2.05, 4.69) is 4.99 Å². The summed E-state index contributed by atoms with van der Waals surface area (Å²) >= 11 is 5.89. The minimum atomic E-state index is -5.05. The Labute approximate surface area is 181 Å². The predicted molar refractivity (Wildman–Crippen MR) is 108 cm³/mol. The van der Waals surface area contributed by atoms with E-state index in [4.69, 9.17) is 32.5 Å². The van der Waals surface area contributed by atoms with Gasteiger partial charge in [0.1, 0.15) is 17.1 Å². The lowest BCUT2D eigenvalue weighted by atomic mass is 10.1. The lowest BCUT2D eigenvalue weighted by molar-refractivity contribution is -0.138. The lowest BCUT2D eigenvalue weighted by Gasteiger charge is -2.25. The smallest absolute Gasteiger partial charge is 0.431 e. The van der Waals surface area contributed by atoms with E-state index in [0.717, 1.165) is 0 Å². The van der Waals surface area contributed by atoms with Gasteiger partial charge in [-0.3, -0.25) is 14.7 Å². The number of ketones is 1. The fourth-order valence-corrected chi connectivity index (χ4v) is 2.92. The van der Waals surface area contributed by atoms with Crippen LogP contribution in [0.4, 0.5) is 13.2 Å². The van der Waals surface area contributed by atoms with Gasteiger partial charge in [-0.05, 0) is 12.1 Å². The number of carbonyl (C=O) groups is 2. The molecule has 1 aromatic rings. The van der Waals surface area contributed by atoms with Crippen molar-refractivity contribution in [3.63, 3.8) is 0 Å². The minimum absolute atomic E-state index is 0.0340. The Balaban J connectivity index is 2.11. The summed E-state index contributed by atoms with van der Waals surface area (Å²) < 4.78 is 49.4. The molecule has 170 valence electrons. The molecule has 0 aliphatic carbocycles. The summed E-state index contributed by atoms with van der Waals surface area (Å²) in [5, 5.41) is 0.110. The summed E-state index contributed by atoms with van der Waals surface area (Å²) in [7, 11) is 0. The number of Topliss-reactive ketones (excluding diaryl/α,β-unsaturated/α-hetero) is 1. The highest BCUT2D eigenvalue weighted by molar-refractivity contribution is 6.34. The fraction of sp³-hybridized carbons (Fsp3) is 0.421. The molecule has 0 atom stereocenters. The van der Waals surface area contributed by atoms with Crippen LogP contribution < -0.4 is 11.5 Å². The summed E-state index contributed by atoms with van der Waals surface area (Å²) in [4.78, 5) is 30.3. The fourth-order valence-electron chi connectivity index (χ4n) is 2.68. The van der Waals surface area contributed by atoms with Gasteiger partial charge in [0.25, 0.3) is 0 Å². The second kappa shape index (κ2) is 11.1. The number of halogens is 4. The van der Waals surface area contributed by atoms with E-state index in [9.17, 15) is 22.8 Å². The number of hydrogen-bond donors (Lipinski definition) is 2. The first-order valence-corrected chi connectivity index (χ1v) is 9.61. The van der Waals surface area contributed by atoms with Crippen LogP contribution in [0.5, 0.6) is 0 Å². The van der Waals surface area contributed by atoms with Crippen molar-refractivity contribution in [3.05, 3.63) is 46.1 Å². The molecule has 8 nitrogen and oxygen atoms in total. The second-order valence-electron chi connectivity index (χ2n) is 6.49. The Hall–Kier alpha value is -2.63. The van der Waals surface area contributed by atoms with Gasteiger partial charge in [-0.1, -0.05) is 23.7 Å². The van der Waals surface area contributed by atoms with E-state index >= 15 is 0 Å². The number of benzene rings is 1. The van der Waals surface area contributed by atoms with E-state index in [0.29, 0.717) is 32.8 Å². The molecule has 2 rings (SSSR count). The van der Waals surface area contributed by atoms with E-state index in [1.807, 2.05) is 4.90 Å². The standard InChI is InChI=1S/C19H22ClF3N4O4/c20-13-4-2-1-3-12(13)14(28)11-31-18(29)15(16(24)19(21,22)23)17(25)26-5-6-27-7-9-30-10-8-27/h1-4H,5-11,24H2,(H2,25,26). The maximum Gasteiger partial charge on any atom is 0.431 e. The van der Waals surface area contributed by atoms with Gasteiger partial charge in [-0.2, -0.15) is 13.2 Å². The first-order chi connectivity index (χ1) is 14.6. The van der Waals surface area contributed by atoms with Crippen LogP contribution in [0.2, 0.25) is 5.02 Å². The molecule has 0 saturated carbocycles. The molecule has 1 aliphatic heterocycles. The number of allylic oxidation sites excluding steroid dienone is 1. The minimum Gasteiger partial charge on any atom is -0.454 e. The second-order valence-corrected chi connectivity index (χ2v) is 6.89. The van der Waals surface area contributed by atoms with Gasteiger partial charge in [0.2, 0.25) is 5.78 Å². The van der Waals surface area contributed by atoms with Gasteiger partial charge < -0.3 is 20.9 Å². The lowest BCUT2D eigenvalue weighted by Crippen LogP contribution is -2.38. The summed E-state index contributed by atoms with van der Waals surface area (Å²) in [5.74, 6) is -2.94. The maximum absolute atomic E-state index is 13.1. The van der Waals surface area contributed by atoms with Gasteiger partial charge in [-0.15, -0.1) is 0 Å². The number of rotatable bonds is 8. The number of hydrogen-bond acceptors (Lipinski definition) is 7. The molecule has 0 amide bonds. The molecule has 1 aliphatic rings. The first kappa shape index (κ1) is 24.6. The van der Waals surface area contributed by atoms with Crippen molar-refractivity contribution in [1.29, 1.82) is 0 Å². The third-order valence-corrected chi connectivity index (χ3v) is 4.68. The van der Waals surface area contributed by atoms with Crippen molar-refractivity contribution in [2.75, 3.05) is 46.0 Å². The number of amidine groups is 1. The van der Waals surface area contributed by atoms with Crippen molar-refractivity contribution in [2.24, 2.45) is 16.5 Å². The number of morpholine rings is 1. The molecule has 1 fully saturated rings. The largest absolute Gasteiger partial charge is 0.454 e. The number of esters is 1. The van der Waals surface area contributed by atoms with Crippen LogP contribution in [-0.2, 0) is 14.3 Å². The average Bonchev–Trinajstić information content (AvgIpc) is 2.72. The normalized spacial score (nSPS) is 16.6. The Morgan fingerprint density at radius 3 is 2.45 bits per heavy atom. The zero-order valence-corrected chi connectivity index (χ0v) is 17.2. The Morgan fingerprint density at radius 1 is 1.19 bits per heavy atom. The summed E-state index contributed by atoms with van der Waals surface area (Å²) in [6.07, 6.45) is -5.05. The van der Waals surface area contributed by atoms with Gasteiger partial charge in [0.05, 0.1) is 24.8 Å². The van der Waals surface area contributed by atoms with Gasteiger partial charge in [-0.25, -0.2) is 4.79 Å². The Kier molecular flexibility index (Phi) is 8.84. The zero-order chi connectivity index (χ0) is 23.0. The van der Waals surface area contributed by atoms with Crippen LogP contribution >= 0.6 is 11.6 Å². The van der Waals surface area contributed by atoms with Crippen LogP contribution in [0.3, 0.4) is 0 Å². The molecule has 1 saturated heterocycles. The van der Waals surface area contributed by atoms with E-state index in [1.54, 1.807) is 6.07 Å². The number of nitrogens with two attached hydrogens (primary N) is 2. The van der Waals surface area contributed by atoms with Gasteiger partial charge >= 0.3 is 12.1 Å². The van der Waals surface area contributed by atoms with Crippen molar-refractivity contribution in [3.8, 4) is 0 Å². The SMILES string of the molecule is NC(=NCCN1CCOCC1)C(C(=O)OCC(=O)c1ccccc1Cl)=C(N)C(F)(F)F. The predicted octanol–water partition coefficient (Wildman–Crippen LogP) is 1.53. The van der Waals surface area contributed by atoms with E-state index < -0.39 is 41.6 Å². The molecule has 0 spiro atoms. The molecule has 1 heterocycles. The Morgan fingerprint density at radius 2 is 1.84 bits per heavy atom. The quantitative estimate of drug-likeness (QED) is 0.197. The topological polar surface area (TPSA) is 120 Å². The molecule has 12 heteroatoms. The van der Waals surface area contributed by atoms with Gasteiger partial charge in [0.15, 0.2) is 6.61 Å². The van der Waals surface area contributed by atoms with Gasteiger partial charge in [0, 0.05) is 25.2 Å². The summed E-state index contributed by atoms with van der Waals surface area (Å²) in [5.41, 5.74) is 7.91. The number of ether oxygens (including phenoxy) is 2. The molecule has 0 unspecified atom stereocenters. The molecular weight excluding hydrogens is 441 g/mol. The first-order valence-electron chi connectivity index (χ1n) is 9.23. The number of aliphatic imine (C=N–C) groups is 1. The molecule has 1 aromatic carbocycles. The maximum atomic E-state index is 13.1. The van der Waals surface area contributed by atoms with Crippen LogP contribution in [0, 0.1) is 0 Å². The number of nitrogens with zero attached hydrogens (tertiary/aromatic N) is 2. The Bertz CT molecular complexity index is 868. The summed E-state index contributed by atoms with van der Waals surface area (Å²) in [6.45, 7) is 1.96. The van der Waals surface area contributed by atoms with Crippen LogP contribution in [0.1, 0.15) is 10.4 Å². The average molecular weight is 463 g/mol. The van der Waals surface area contributed by atoms with E-state index in [1.165, 1.54) is 18.2 Å². The van der Waals surface area contributed by atoms with Crippen molar-refractivity contribution in [2.45, 2.75) is 6.18 Å². The van der Waals surface area contributed by atoms with Crippen LogP contribution in [0.15, 0.2) is 40.5 Å². The molecule has 0 aromatic heterocycles. The molecule has 4 N–H and O–H groups in total. The number of carbonyl (C=O) groups excluding carboxylic acids is 2. The van der Waals surface area contributed by atoms with Crippen molar-refractivity contribution in [1.82, 2.24) is 4.90 Å². The highest BCUT2D eigenvalue weighted by atomic mass is 35.5. The highest BCUT2D eigenvalue weighted by Crippen LogP contribution is 2.25.